The highest BCUT2D eigenvalue weighted by Crippen LogP contribution is 2.37. The fraction of sp³-hybridized carbons (Fsp3) is 0. The van der Waals surface area contributed by atoms with E-state index in [2.05, 4.69) is 133 Å². The van der Waals surface area contributed by atoms with Crippen molar-refractivity contribution in [3.63, 3.8) is 0 Å². The number of rotatable bonds is 5. The van der Waals surface area contributed by atoms with Gasteiger partial charge < -0.3 is 8.83 Å². The van der Waals surface area contributed by atoms with Crippen LogP contribution < -0.4 is 0 Å². The lowest BCUT2D eigenvalue weighted by atomic mass is 9.98. The van der Waals surface area contributed by atoms with Gasteiger partial charge in [-0.25, -0.2) is 0 Å². The van der Waals surface area contributed by atoms with E-state index in [0.717, 1.165) is 49.4 Å². The van der Waals surface area contributed by atoms with Crippen LogP contribution in [0.5, 0.6) is 0 Å². The minimum atomic E-state index is 0.916. The molecular weight excluding hydrogens is 569 g/mol. The summed E-state index contributed by atoms with van der Waals surface area (Å²) in [6, 6.07) is 55.8. The molecule has 0 atom stereocenters. The minimum Gasteiger partial charge on any atom is -0.456 e. The molecule has 0 radical (unpaired) electrons. The molecule has 0 saturated carbocycles. The molecule has 45 heavy (non-hydrogen) atoms. The van der Waals surface area contributed by atoms with Crippen molar-refractivity contribution in [3.8, 4) is 33.4 Å². The van der Waals surface area contributed by atoms with Crippen molar-refractivity contribution < 1.29 is 8.83 Å². The number of hydrogen-bond donors (Lipinski definition) is 0. The molecule has 0 fully saturated rings. The first-order valence-corrected chi connectivity index (χ1v) is 15.9. The number of hydrogen-bond acceptors (Lipinski definition) is 3. The summed E-state index contributed by atoms with van der Waals surface area (Å²) < 4.78 is 12.2. The van der Waals surface area contributed by atoms with E-state index in [1.165, 1.54) is 37.6 Å². The Morgan fingerprint density at radius 2 is 0.756 bits per heavy atom. The zero-order chi connectivity index (χ0) is 29.7. The maximum atomic E-state index is 6.16. The Hall–Kier alpha value is -5.51. The number of fused-ring (bicyclic) bond motifs is 6. The van der Waals surface area contributed by atoms with Gasteiger partial charge in [0.25, 0.3) is 0 Å². The second-order valence-corrected chi connectivity index (χ2v) is 12.5. The van der Waals surface area contributed by atoms with Crippen molar-refractivity contribution in [2.75, 3.05) is 0 Å². The predicted octanol–water partition coefficient (Wildman–Crippen LogP) is 12.6. The minimum absolute atomic E-state index is 0.916. The quantitative estimate of drug-likeness (QED) is 0.198. The summed E-state index contributed by atoms with van der Waals surface area (Å²) in [6.07, 6.45) is 0. The van der Waals surface area contributed by atoms with Gasteiger partial charge in [-0.3, -0.25) is 0 Å². The van der Waals surface area contributed by atoms with E-state index in [9.17, 15) is 0 Å². The molecular formula is C42H26O2S. The Morgan fingerprint density at radius 3 is 1.44 bits per heavy atom. The fourth-order valence-corrected chi connectivity index (χ4v) is 7.24. The first-order valence-electron chi connectivity index (χ1n) is 15.1. The fourth-order valence-electron chi connectivity index (χ4n) is 6.30. The molecule has 7 aromatic carbocycles. The van der Waals surface area contributed by atoms with Crippen LogP contribution in [0, 0.1) is 0 Å². The standard InChI is InChI=1S/C42H26O2S/c1-3-16-39-35(14-1)37-20-18-32(26-42(37)44-39)30-11-7-13-34(24-30)45-33-12-6-10-29(23-33)27-8-5-9-28(22-27)31-19-21-41-38(25-31)36-15-2-4-17-40(36)43-41/h1-26H. The summed E-state index contributed by atoms with van der Waals surface area (Å²) in [5.41, 5.74) is 10.8. The van der Waals surface area contributed by atoms with Crippen LogP contribution >= 0.6 is 11.8 Å². The second-order valence-electron chi connectivity index (χ2n) is 11.4. The summed E-state index contributed by atoms with van der Waals surface area (Å²) in [6.45, 7) is 0. The Balaban J connectivity index is 1.00. The SMILES string of the molecule is c1cc(Sc2cccc(-c3ccc4c(c3)oc3ccccc34)c2)cc(-c2cccc(-c3ccc4oc5ccccc5c4c3)c2)c1. The molecule has 0 aliphatic rings. The molecule has 0 spiro atoms. The van der Waals surface area contributed by atoms with Crippen molar-refractivity contribution in [2.45, 2.75) is 9.79 Å². The predicted molar refractivity (Wildman–Crippen MR) is 188 cm³/mol. The second kappa shape index (κ2) is 10.6. The third-order valence-electron chi connectivity index (χ3n) is 8.52. The third-order valence-corrected chi connectivity index (χ3v) is 9.50. The smallest absolute Gasteiger partial charge is 0.136 e. The van der Waals surface area contributed by atoms with E-state index in [0.29, 0.717) is 0 Å². The zero-order valence-corrected chi connectivity index (χ0v) is 25.1. The Labute approximate surface area is 264 Å². The number of para-hydroxylation sites is 2. The van der Waals surface area contributed by atoms with Gasteiger partial charge in [-0.05, 0) is 100 Å². The summed E-state index contributed by atoms with van der Waals surface area (Å²) in [5, 5.41) is 4.60. The molecule has 0 N–H and O–H groups in total. The number of benzene rings is 7. The average molecular weight is 595 g/mol. The lowest BCUT2D eigenvalue weighted by Crippen LogP contribution is -1.83. The van der Waals surface area contributed by atoms with Crippen LogP contribution in [0.3, 0.4) is 0 Å². The van der Waals surface area contributed by atoms with Crippen LogP contribution in [0.15, 0.2) is 176 Å². The Bertz CT molecular complexity index is 2530. The van der Waals surface area contributed by atoms with Crippen LogP contribution in [-0.4, -0.2) is 0 Å². The third kappa shape index (κ3) is 4.69. The van der Waals surface area contributed by atoms with Gasteiger partial charge in [-0.1, -0.05) is 103 Å². The molecule has 0 bridgehead atoms. The van der Waals surface area contributed by atoms with E-state index in [1.54, 1.807) is 11.8 Å². The van der Waals surface area contributed by atoms with Crippen LogP contribution in [-0.2, 0) is 0 Å². The van der Waals surface area contributed by atoms with E-state index in [4.69, 9.17) is 8.83 Å². The lowest BCUT2D eigenvalue weighted by Gasteiger charge is -2.09. The monoisotopic (exact) mass is 594 g/mol. The highest BCUT2D eigenvalue weighted by atomic mass is 32.2. The normalized spacial score (nSPS) is 11.6. The first kappa shape index (κ1) is 25.9. The molecule has 2 aromatic heterocycles. The van der Waals surface area contributed by atoms with Gasteiger partial charge in [0.15, 0.2) is 0 Å². The van der Waals surface area contributed by atoms with Gasteiger partial charge in [0.05, 0.1) is 0 Å². The lowest BCUT2D eigenvalue weighted by molar-refractivity contribution is 0.668. The van der Waals surface area contributed by atoms with Crippen LogP contribution in [0.1, 0.15) is 0 Å². The molecule has 3 heteroatoms. The van der Waals surface area contributed by atoms with Crippen LogP contribution in [0.2, 0.25) is 0 Å². The highest BCUT2D eigenvalue weighted by molar-refractivity contribution is 7.99. The summed E-state index contributed by atoms with van der Waals surface area (Å²) in [7, 11) is 0. The van der Waals surface area contributed by atoms with Gasteiger partial charge in [-0.2, -0.15) is 0 Å². The molecule has 9 aromatic rings. The molecule has 2 heterocycles. The Kier molecular flexibility index (Phi) is 6.10. The first-order chi connectivity index (χ1) is 22.2. The molecule has 212 valence electrons. The van der Waals surface area contributed by atoms with Crippen molar-refractivity contribution in [1.82, 2.24) is 0 Å². The van der Waals surface area contributed by atoms with E-state index >= 15 is 0 Å². The maximum Gasteiger partial charge on any atom is 0.136 e. The molecule has 0 aliphatic heterocycles. The van der Waals surface area contributed by atoms with E-state index < -0.39 is 0 Å². The van der Waals surface area contributed by atoms with Crippen LogP contribution in [0.4, 0.5) is 0 Å². The van der Waals surface area contributed by atoms with Gasteiger partial charge in [0.1, 0.15) is 22.3 Å². The van der Waals surface area contributed by atoms with E-state index in [-0.39, 0.29) is 0 Å². The summed E-state index contributed by atoms with van der Waals surface area (Å²) in [4.78, 5) is 2.40. The molecule has 0 aliphatic carbocycles. The van der Waals surface area contributed by atoms with Gasteiger partial charge in [0, 0.05) is 31.3 Å². The summed E-state index contributed by atoms with van der Waals surface area (Å²) in [5.74, 6) is 0. The number of furan rings is 2. The zero-order valence-electron chi connectivity index (χ0n) is 24.2. The molecule has 0 unspecified atom stereocenters. The highest BCUT2D eigenvalue weighted by Gasteiger charge is 2.11. The van der Waals surface area contributed by atoms with Crippen LogP contribution in [0.25, 0.3) is 77.3 Å². The average Bonchev–Trinajstić information content (AvgIpc) is 3.66. The van der Waals surface area contributed by atoms with Gasteiger partial charge in [0.2, 0.25) is 0 Å². The van der Waals surface area contributed by atoms with Crippen molar-refractivity contribution in [3.05, 3.63) is 158 Å². The Morgan fingerprint density at radius 1 is 0.289 bits per heavy atom. The molecule has 9 rings (SSSR count). The van der Waals surface area contributed by atoms with Gasteiger partial charge in [-0.15, -0.1) is 0 Å². The van der Waals surface area contributed by atoms with E-state index in [1.807, 2.05) is 24.3 Å². The largest absolute Gasteiger partial charge is 0.456 e. The van der Waals surface area contributed by atoms with Crippen molar-refractivity contribution in [1.29, 1.82) is 0 Å². The topological polar surface area (TPSA) is 26.3 Å². The summed E-state index contributed by atoms with van der Waals surface area (Å²) >= 11 is 1.78. The molecule has 0 saturated heterocycles. The molecule has 0 amide bonds. The van der Waals surface area contributed by atoms with Crippen molar-refractivity contribution in [2.24, 2.45) is 0 Å². The van der Waals surface area contributed by atoms with Gasteiger partial charge >= 0.3 is 0 Å². The van der Waals surface area contributed by atoms with Crippen molar-refractivity contribution >= 4 is 55.6 Å². The maximum absolute atomic E-state index is 6.16. The molecule has 2 nitrogen and oxygen atoms in total.